The number of pyridine rings is 1. The zero-order valence-corrected chi connectivity index (χ0v) is 18.2. The van der Waals surface area contributed by atoms with Gasteiger partial charge in [-0.1, -0.05) is 35.9 Å². The smallest absolute Gasteiger partial charge is 0.249 e. The highest BCUT2D eigenvalue weighted by atomic mass is 35.5. The van der Waals surface area contributed by atoms with E-state index in [1.807, 2.05) is 41.3 Å². The zero-order chi connectivity index (χ0) is 21.8. The van der Waals surface area contributed by atoms with Gasteiger partial charge in [-0.05, 0) is 41.8 Å². The van der Waals surface area contributed by atoms with Crippen LogP contribution in [0.15, 0.2) is 54.7 Å². The molecule has 8 heteroatoms. The number of aromatic nitrogens is 1. The third-order valence-electron chi connectivity index (χ3n) is 5.07. The van der Waals surface area contributed by atoms with Crippen LogP contribution in [0.1, 0.15) is 21.7 Å². The number of carbonyl (C=O) groups excluding carboxylic acids is 2. The van der Waals surface area contributed by atoms with E-state index in [0.717, 1.165) is 21.7 Å². The van der Waals surface area contributed by atoms with Crippen LogP contribution in [0.5, 0.6) is 0 Å². The molecule has 2 aromatic heterocycles. The standard InChI is InChI=1S/C23H21ClN4O2S/c24-18-7-2-1-5-15(18)8-9-20(29)27-23-22(25)17-10-12-28(14-19(17)31-23)21(30)13-16-6-3-4-11-26-16/h1-9,11H,10,12-14,25H2,(H,27,29)/b9-8+. The largest absolute Gasteiger partial charge is 0.396 e. The van der Waals surface area contributed by atoms with E-state index in [4.69, 9.17) is 17.3 Å². The molecule has 0 atom stereocenters. The van der Waals surface area contributed by atoms with Crippen molar-refractivity contribution in [3.63, 3.8) is 0 Å². The van der Waals surface area contributed by atoms with Gasteiger partial charge in [0.05, 0.1) is 18.7 Å². The number of hydrogen-bond donors (Lipinski definition) is 2. The van der Waals surface area contributed by atoms with Gasteiger partial charge >= 0.3 is 0 Å². The predicted octanol–water partition coefficient (Wildman–Crippen LogP) is 4.16. The molecular weight excluding hydrogens is 432 g/mol. The fourth-order valence-electron chi connectivity index (χ4n) is 3.43. The Morgan fingerprint density at radius 2 is 2.03 bits per heavy atom. The molecule has 0 unspecified atom stereocenters. The van der Waals surface area contributed by atoms with Gasteiger partial charge in [0.2, 0.25) is 11.8 Å². The lowest BCUT2D eigenvalue weighted by atomic mass is 10.1. The van der Waals surface area contributed by atoms with Gasteiger partial charge < -0.3 is 16.0 Å². The van der Waals surface area contributed by atoms with E-state index >= 15 is 0 Å². The maximum atomic E-state index is 12.7. The van der Waals surface area contributed by atoms with E-state index in [9.17, 15) is 9.59 Å². The molecule has 3 N–H and O–H groups in total. The van der Waals surface area contributed by atoms with E-state index in [2.05, 4.69) is 10.3 Å². The molecule has 0 bridgehead atoms. The summed E-state index contributed by atoms with van der Waals surface area (Å²) in [7, 11) is 0. The van der Waals surface area contributed by atoms with Gasteiger partial charge in [-0.2, -0.15) is 0 Å². The summed E-state index contributed by atoms with van der Waals surface area (Å²) in [4.78, 5) is 32.1. The second-order valence-electron chi connectivity index (χ2n) is 7.15. The number of carbonyl (C=O) groups is 2. The minimum atomic E-state index is -0.284. The number of amides is 2. The second kappa shape index (κ2) is 9.32. The maximum Gasteiger partial charge on any atom is 0.249 e. The SMILES string of the molecule is Nc1c(NC(=O)/C=C/c2ccccc2Cl)sc2c1CCN(C(=O)Cc1ccccn1)C2. The summed E-state index contributed by atoms with van der Waals surface area (Å²) >= 11 is 7.53. The summed E-state index contributed by atoms with van der Waals surface area (Å²) in [6.45, 7) is 1.08. The summed E-state index contributed by atoms with van der Waals surface area (Å²) in [6.07, 6.45) is 5.72. The number of benzene rings is 1. The van der Waals surface area contributed by atoms with Crippen molar-refractivity contribution in [2.75, 3.05) is 17.6 Å². The van der Waals surface area contributed by atoms with Gasteiger partial charge in [0.25, 0.3) is 0 Å². The molecule has 3 aromatic rings. The molecule has 158 valence electrons. The number of nitrogen functional groups attached to an aromatic ring is 1. The van der Waals surface area contributed by atoms with Gasteiger partial charge in [-0.15, -0.1) is 11.3 Å². The van der Waals surface area contributed by atoms with Crippen molar-refractivity contribution in [3.05, 3.63) is 81.5 Å². The average molecular weight is 453 g/mol. The zero-order valence-electron chi connectivity index (χ0n) is 16.7. The molecule has 1 aliphatic heterocycles. The molecule has 31 heavy (non-hydrogen) atoms. The molecule has 1 aromatic carbocycles. The van der Waals surface area contributed by atoms with Crippen molar-refractivity contribution in [3.8, 4) is 0 Å². The van der Waals surface area contributed by atoms with E-state index in [-0.39, 0.29) is 18.2 Å². The first-order chi connectivity index (χ1) is 15.0. The topological polar surface area (TPSA) is 88.3 Å². The normalized spacial score (nSPS) is 13.3. The molecule has 0 aliphatic carbocycles. The van der Waals surface area contributed by atoms with Crippen LogP contribution in [-0.2, 0) is 29.0 Å². The van der Waals surface area contributed by atoms with Crippen molar-refractivity contribution < 1.29 is 9.59 Å². The highest BCUT2D eigenvalue weighted by molar-refractivity contribution is 7.17. The number of halogens is 1. The Balaban J connectivity index is 1.42. The van der Waals surface area contributed by atoms with Crippen molar-refractivity contribution in [1.29, 1.82) is 0 Å². The van der Waals surface area contributed by atoms with Crippen LogP contribution in [0.3, 0.4) is 0 Å². The Morgan fingerprint density at radius 3 is 2.81 bits per heavy atom. The lowest BCUT2D eigenvalue weighted by Crippen LogP contribution is -2.36. The van der Waals surface area contributed by atoms with E-state index < -0.39 is 0 Å². The molecule has 6 nitrogen and oxygen atoms in total. The number of anilines is 2. The molecule has 0 spiro atoms. The number of hydrogen-bond acceptors (Lipinski definition) is 5. The first kappa shape index (κ1) is 21.1. The third-order valence-corrected chi connectivity index (χ3v) is 6.56. The summed E-state index contributed by atoms with van der Waals surface area (Å²) in [5.74, 6) is -0.252. The maximum absolute atomic E-state index is 12.7. The van der Waals surface area contributed by atoms with Crippen LogP contribution in [0.4, 0.5) is 10.7 Å². The van der Waals surface area contributed by atoms with Gasteiger partial charge in [0.1, 0.15) is 5.00 Å². The van der Waals surface area contributed by atoms with Gasteiger partial charge in [0.15, 0.2) is 0 Å². The Morgan fingerprint density at radius 1 is 1.23 bits per heavy atom. The van der Waals surface area contributed by atoms with Crippen LogP contribution < -0.4 is 11.1 Å². The van der Waals surface area contributed by atoms with Gasteiger partial charge in [-0.25, -0.2) is 0 Å². The number of nitrogens with two attached hydrogens (primary N) is 1. The highest BCUT2D eigenvalue weighted by Crippen LogP contribution is 2.39. The predicted molar refractivity (Wildman–Crippen MR) is 125 cm³/mol. The highest BCUT2D eigenvalue weighted by Gasteiger charge is 2.26. The van der Waals surface area contributed by atoms with Crippen LogP contribution >= 0.6 is 22.9 Å². The van der Waals surface area contributed by atoms with Crippen molar-refractivity contribution >= 4 is 51.5 Å². The molecule has 0 saturated heterocycles. The number of rotatable bonds is 5. The quantitative estimate of drug-likeness (QED) is 0.569. The van der Waals surface area contributed by atoms with Gasteiger partial charge in [-0.3, -0.25) is 14.6 Å². The van der Waals surface area contributed by atoms with Crippen LogP contribution in [-0.4, -0.2) is 28.2 Å². The second-order valence-corrected chi connectivity index (χ2v) is 8.67. The van der Waals surface area contributed by atoms with Crippen molar-refractivity contribution in [1.82, 2.24) is 9.88 Å². The Kier molecular flexibility index (Phi) is 6.34. The fraction of sp³-hybridized carbons (Fsp3) is 0.174. The molecule has 4 rings (SSSR count). The first-order valence-corrected chi connectivity index (χ1v) is 11.0. The minimum Gasteiger partial charge on any atom is -0.396 e. The van der Waals surface area contributed by atoms with Crippen molar-refractivity contribution in [2.24, 2.45) is 0 Å². The number of nitrogens with zero attached hydrogens (tertiary/aromatic N) is 2. The fourth-order valence-corrected chi connectivity index (χ4v) is 4.82. The third kappa shape index (κ3) is 4.95. The summed E-state index contributed by atoms with van der Waals surface area (Å²) in [5.41, 5.74) is 9.39. The molecule has 3 heterocycles. The molecule has 0 fully saturated rings. The average Bonchev–Trinajstić information content (AvgIpc) is 3.08. The van der Waals surface area contributed by atoms with Crippen molar-refractivity contribution in [2.45, 2.75) is 19.4 Å². The van der Waals surface area contributed by atoms with E-state index in [0.29, 0.717) is 35.2 Å². The summed E-state index contributed by atoms with van der Waals surface area (Å²) in [6, 6.07) is 12.8. The first-order valence-electron chi connectivity index (χ1n) is 9.82. The lowest BCUT2D eigenvalue weighted by Gasteiger charge is -2.27. The molecule has 1 aliphatic rings. The summed E-state index contributed by atoms with van der Waals surface area (Å²) < 4.78 is 0. The molecule has 0 saturated carbocycles. The van der Waals surface area contributed by atoms with Gasteiger partial charge in [0, 0.05) is 34.4 Å². The minimum absolute atomic E-state index is 0.0320. The monoisotopic (exact) mass is 452 g/mol. The Labute approximate surface area is 189 Å². The summed E-state index contributed by atoms with van der Waals surface area (Å²) in [5, 5.41) is 4.04. The molecular formula is C23H21ClN4O2S. The number of fused-ring (bicyclic) bond motifs is 1. The lowest BCUT2D eigenvalue weighted by molar-refractivity contribution is -0.131. The number of nitrogens with one attached hydrogen (secondary N) is 1. The van der Waals surface area contributed by atoms with Crippen LogP contribution in [0, 0.1) is 0 Å². The molecule has 2 amide bonds. The van der Waals surface area contributed by atoms with Crippen LogP contribution in [0.2, 0.25) is 5.02 Å². The number of thiophene rings is 1. The van der Waals surface area contributed by atoms with Crippen LogP contribution in [0.25, 0.3) is 6.08 Å². The Hall–Kier alpha value is -3.16. The van der Waals surface area contributed by atoms with E-state index in [1.54, 1.807) is 18.3 Å². The van der Waals surface area contributed by atoms with E-state index in [1.165, 1.54) is 17.4 Å². The Bertz CT molecular complexity index is 1140. The molecule has 0 radical (unpaired) electrons.